The first kappa shape index (κ1) is 12.3. The zero-order valence-electron chi connectivity index (χ0n) is 10.8. The number of hydrogen-bond donors (Lipinski definition) is 1. The first-order valence-corrected chi connectivity index (χ1v) is 6.37. The van der Waals surface area contributed by atoms with Gasteiger partial charge < -0.3 is 15.4 Å². The lowest BCUT2D eigenvalue weighted by molar-refractivity contribution is -0.0353. The summed E-state index contributed by atoms with van der Waals surface area (Å²) in [6.07, 6.45) is 1.35. The van der Waals surface area contributed by atoms with Gasteiger partial charge in [-0.25, -0.2) is 0 Å². The smallest absolute Gasteiger partial charge is 0.0743 e. The standard InChI is InChI=1S/C12H25N3O/c1-10-8-14(3)5-6-15(10)12(9-13)4-7-16-11(12)2/h10-11H,4-9,13H2,1-3H3. The minimum Gasteiger partial charge on any atom is -0.376 e. The number of hydrogen-bond acceptors (Lipinski definition) is 4. The fraction of sp³-hybridized carbons (Fsp3) is 1.00. The number of nitrogens with two attached hydrogens (primary N) is 1. The lowest BCUT2D eigenvalue weighted by Crippen LogP contribution is -2.65. The molecule has 4 nitrogen and oxygen atoms in total. The molecule has 2 N–H and O–H groups in total. The summed E-state index contributed by atoms with van der Waals surface area (Å²) in [5.74, 6) is 0. The van der Waals surface area contributed by atoms with Crippen molar-refractivity contribution < 1.29 is 4.74 Å². The van der Waals surface area contributed by atoms with Gasteiger partial charge in [0, 0.05) is 38.8 Å². The molecule has 0 radical (unpaired) electrons. The van der Waals surface area contributed by atoms with Crippen molar-refractivity contribution >= 4 is 0 Å². The SMILES string of the molecule is CC1CN(C)CCN1C1(CN)CCOC1C. The van der Waals surface area contributed by atoms with Crippen molar-refractivity contribution in [1.29, 1.82) is 0 Å². The molecule has 0 aromatic rings. The summed E-state index contributed by atoms with van der Waals surface area (Å²) < 4.78 is 5.75. The van der Waals surface area contributed by atoms with Crippen molar-refractivity contribution in [2.45, 2.75) is 38.0 Å². The van der Waals surface area contributed by atoms with E-state index >= 15 is 0 Å². The van der Waals surface area contributed by atoms with Gasteiger partial charge in [-0.05, 0) is 27.3 Å². The molecule has 0 saturated carbocycles. The molecule has 0 amide bonds. The van der Waals surface area contributed by atoms with Crippen molar-refractivity contribution in [2.24, 2.45) is 5.73 Å². The summed E-state index contributed by atoms with van der Waals surface area (Å²) in [6.45, 7) is 9.43. The third-order valence-electron chi connectivity index (χ3n) is 4.42. The van der Waals surface area contributed by atoms with Crippen LogP contribution in [0.5, 0.6) is 0 Å². The molecule has 16 heavy (non-hydrogen) atoms. The molecule has 3 atom stereocenters. The van der Waals surface area contributed by atoms with Crippen LogP contribution in [0.4, 0.5) is 0 Å². The van der Waals surface area contributed by atoms with E-state index < -0.39 is 0 Å². The van der Waals surface area contributed by atoms with E-state index in [1.165, 1.54) is 0 Å². The Morgan fingerprint density at radius 1 is 1.38 bits per heavy atom. The molecule has 2 heterocycles. The van der Waals surface area contributed by atoms with E-state index in [2.05, 4.69) is 30.7 Å². The highest BCUT2D eigenvalue weighted by Gasteiger charge is 2.47. The average Bonchev–Trinajstić information content (AvgIpc) is 2.61. The maximum absolute atomic E-state index is 6.05. The van der Waals surface area contributed by atoms with Gasteiger partial charge in [-0.1, -0.05) is 0 Å². The van der Waals surface area contributed by atoms with Gasteiger partial charge in [0.25, 0.3) is 0 Å². The Balaban J connectivity index is 2.15. The van der Waals surface area contributed by atoms with Crippen LogP contribution in [0, 0.1) is 0 Å². The number of ether oxygens (including phenoxy) is 1. The molecular formula is C12H25N3O. The first-order valence-electron chi connectivity index (χ1n) is 6.37. The fourth-order valence-corrected chi connectivity index (χ4v) is 3.33. The van der Waals surface area contributed by atoms with Gasteiger partial charge in [0.1, 0.15) is 0 Å². The highest BCUT2D eigenvalue weighted by atomic mass is 16.5. The molecule has 4 heteroatoms. The molecule has 3 unspecified atom stereocenters. The van der Waals surface area contributed by atoms with Gasteiger partial charge in [0.15, 0.2) is 0 Å². The Hall–Kier alpha value is -0.160. The Labute approximate surface area is 98.7 Å². The van der Waals surface area contributed by atoms with Gasteiger partial charge in [-0.15, -0.1) is 0 Å². The van der Waals surface area contributed by atoms with Crippen LogP contribution < -0.4 is 5.73 Å². The molecule has 0 aromatic carbocycles. The minimum absolute atomic E-state index is 0.0840. The molecule has 0 aromatic heterocycles. The largest absolute Gasteiger partial charge is 0.376 e. The van der Waals surface area contributed by atoms with Crippen molar-refractivity contribution in [1.82, 2.24) is 9.80 Å². The van der Waals surface area contributed by atoms with Crippen LogP contribution >= 0.6 is 0 Å². The molecule has 2 fully saturated rings. The summed E-state index contributed by atoms with van der Waals surface area (Å²) in [7, 11) is 2.19. The van der Waals surface area contributed by atoms with Gasteiger partial charge in [-0.2, -0.15) is 0 Å². The van der Waals surface area contributed by atoms with E-state index in [-0.39, 0.29) is 11.6 Å². The maximum Gasteiger partial charge on any atom is 0.0743 e. The van der Waals surface area contributed by atoms with E-state index in [0.29, 0.717) is 12.6 Å². The van der Waals surface area contributed by atoms with Crippen molar-refractivity contribution in [3.63, 3.8) is 0 Å². The molecule has 94 valence electrons. The third-order valence-corrected chi connectivity index (χ3v) is 4.42. The van der Waals surface area contributed by atoms with Gasteiger partial charge in [0.05, 0.1) is 11.6 Å². The number of nitrogens with zero attached hydrogens (tertiary/aromatic N) is 2. The summed E-state index contributed by atoms with van der Waals surface area (Å²) >= 11 is 0. The second kappa shape index (κ2) is 4.61. The van der Waals surface area contributed by atoms with Crippen LogP contribution in [0.15, 0.2) is 0 Å². The average molecular weight is 227 g/mol. The van der Waals surface area contributed by atoms with Crippen LogP contribution in [0.25, 0.3) is 0 Å². The second-order valence-electron chi connectivity index (χ2n) is 5.38. The molecule has 0 aliphatic carbocycles. The predicted molar refractivity (Wildman–Crippen MR) is 65.5 cm³/mol. The van der Waals surface area contributed by atoms with E-state index in [4.69, 9.17) is 10.5 Å². The summed E-state index contributed by atoms with van der Waals surface area (Å²) in [5.41, 5.74) is 6.14. The lowest BCUT2D eigenvalue weighted by atomic mass is 9.87. The molecule has 2 rings (SSSR count). The van der Waals surface area contributed by atoms with Crippen LogP contribution in [-0.2, 0) is 4.74 Å². The Morgan fingerprint density at radius 3 is 2.62 bits per heavy atom. The highest BCUT2D eigenvalue weighted by Crippen LogP contribution is 2.33. The zero-order valence-corrected chi connectivity index (χ0v) is 10.8. The Kier molecular flexibility index (Phi) is 3.54. The van der Waals surface area contributed by atoms with Gasteiger partial charge in [-0.3, -0.25) is 4.90 Å². The molecule has 2 saturated heterocycles. The molecule has 0 spiro atoms. The van der Waals surface area contributed by atoms with Gasteiger partial charge >= 0.3 is 0 Å². The predicted octanol–water partition coefficient (Wildman–Crippen LogP) is 0.129. The van der Waals surface area contributed by atoms with Crippen molar-refractivity contribution in [3.8, 4) is 0 Å². The van der Waals surface area contributed by atoms with Crippen molar-refractivity contribution in [2.75, 3.05) is 39.8 Å². The van der Waals surface area contributed by atoms with Crippen LogP contribution in [0.1, 0.15) is 20.3 Å². The van der Waals surface area contributed by atoms with Gasteiger partial charge in [0.2, 0.25) is 0 Å². The molecule has 2 aliphatic heterocycles. The van der Waals surface area contributed by atoms with E-state index in [0.717, 1.165) is 32.7 Å². The lowest BCUT2D eigenvalue weighted by Gasteiger charge is -2.50. The molecular weight excluding hydrogens is 202 g/mol. The maximum atomic E-state index is 6.05. The van der Waals surface area contributed by atoms with E-state index in [1.807, 2.05) is 0 Å². The zero-order chi connectivity index (χ0) is 11.8. The fourth-order valence-electron chi connectivity index (χ4n) is 3.33. The molecule has 2 aliphatic rings. The number of rotatable bonds is 2. The summed E-state index contributed by atoms with van der Waals surface area (Å²) in [6, 6.07) is 0.575. The van der Waals surface area contributed by atoms with Crippen molar-refractivity contribution in [3.05, 3.63) is 0 Å². The summed E-state index contributed by atoms with van der Waals surface area (Å²) in [5, 5.41) is 0. The van der Waals surface area contributed by atoms with Crippen LogP contribution in [0.2, 0.25) is 0 Å². The van der Waals surface area contributed by atoms with Crippen LogP contribution in [-0.4, -0.2) is 67.3 Å². The third kappa shape index (κ3) is 1.88. The van der Waals surface area contributed by atoms with Crippen LogP contribution in [0.3, 0.4) is 0 Å². The summed E-state index contributed by atoms with van der Waals surface area (Å²) in [4.78, 5) is 4.98. The monoisotopic (exact) mass is 227 g/mol. The quantitative estimate of drug-likeness (QED) is 0.728. The Bertz CT molecular complexity index is 248. The number of piperazine rings is 1. The first-order chi connectivity index (χ1) is 7.60. The highest BCUT2D eigenvalue weighted by molar-refractivity contribution is 5.03. The second-order valence-corrected chi connectivity index (χ2v) is 5.38. The topological polar surface area (TPSA) is 41.7 Å². The van der Waals surface area contributed by atoms with E-state index in [1.54, 1.807) is 0 Å². The molecule has 0 bridgehead atoms. The normalized spacial score (nSPS) is 42.8. The number of likely N-dealkylation sites (N-methyl/N-ethyl adjacent to an activating group) is 1. The van der Waals surface area contributed by atoms with E-state index in [9.17, 15) is 0 Å². The minimum atomic E-state index is 0.0840. The Morgan fingerprint density at radius 2 is 2.12 bits per heavy atom.